The number of amides is 4. The van der Waals surface area contributed by atoms with Gasteiger partial charge < -0.3 is 19.3 Å². The Labute approximate surface area is 294 Å². The van der Waals surface area contributed by atoms with E-state index in [2.05, 4.69) is 43.0 Å². The fourth-order valence-electron chi connectivity index (χ4n) is 5.89. The Balaban J connectivity index is 0.000000334. The molecule has 2 aromatic rings. The average molecular weight is 681 g/mol. The molecule has 0 unspecified atom stereocenters. The first-order valence-electron chi connectivity index (χ1n) is 17.1. The van der Waals surface area contributed by atoms with E-state index >= 15 is 0 Å². The second kappa shape index (κ2) is 17.7. The Hall–Kier alpha value is -3.92. The Kier molecular flexibility index (Phi) is 14.9. The maximum atomic E-state index is 12.9. The van der Waals surface area contributed by atoms with Gasteiger partial charge in [-0.15, -0.1) is 0 Å². The van der Waals surface area contributed by atoms with Gasteiger partial charge in [-0.05, 0) is 79.4 Å². The number of carbonyl (C=O) groups excluding carboxylic acids is 4. The van der Waals surface area contributed by atoms with Crippen molar-refractivity contribution in [3.05, 3.63) is 71.8 Å². The monoisotopic (exact) mass is 680 g/mol. The van der Waals surface area contributed by atoms with Crippen LogP contribution in [0.2, 0.25) is 0 Å². The van der Waals surface area contributed by atoms with Crippen molar-refractivity contribution in [2.45, 2.75) is 138 Å². The normalized spacial score (nSPS) is 21.7. The van der Waals surface area contributed by atoms with Gasteiger partial charge in [0.05, 0.1) is 0 Å². The van der Waals surface area contributed by atoms with E-state index in [1.807, 2.05) is 62.1 Å². The molecule has 2 aliphatic rings. The molecule has 0 N–H and O–H groups in total. The van der Waals surface area contributed by atoms with Gasteiger partial charge in [0, 0.05) is 38.3 Å². The van der Waals surface area contributed by atoms with Crippen molar-refractivity contribution in [1.29, 1.82) is 0 Å². The minimum Gasteiger partial charge on any atom is -0.444 e. The van der Waals surface area contributed by atoms with E-state index in [0.29, 0.717) is 19.0 Å². The summed E-state index contributed by atoms with van der Waals surface area (Å²) in [5.74, 6) is -0.638. The second-order valence-corrected chi connectivity index (χ2v) is 14.7. The summed E-state index contributed by atoms with van der Waals surface area (Å²) in [4.78, 5) is 57.6. The van der Waals surface area contributed by atoms with Crippen LogP contribution in [0.1, 0.15) is 101 Å². The number of nitrogens with zero attached hydrogens (tertiary/aromatic N) is 4. The van der Waals surface area contributed by atoms with Crippen LogP contribution in [-0.4, -0.2) is 92.1 Å². The van der Waals surface area contributed by atoms with Gasteiger partial charge in [0.2, 0.25) is 5.91 Å². The topological polar surface area (TPSA) is 99.7 Å². The van der Waals surface area contributed by atoms with Gasteiger partial charge in [-0.2, -0.15) is 0 Å². The van der Waals surface area contributed by atoms with Crippen LogP contribution in [0.5, 0.6) is 0 Å². The minimum atomic E-state index is -0.831. The number of carbonyl (C=O) groups is 4. The van der Waals surface area contributed by atoms with E-state index < -0.39 is 35.3 Å². The van der Waals surface area contributed by atoms with Crippen molar-refractivity contribution in [2.75, 3.05) is 13.1 Å². The standard InChI is InChI=1S/C19H26N2O4.C19H30N2O2.CH4/c1-6-15-17(23)20(12-14-10-8-7-9-11-14)13(2)16(22)21(15)18(24)25-19(3,4)5;1-6-17-14-20(13-16-10-8-7-9-11-16)15(2)12-21(17)18(22)23-19(3,4)5;/h7-11,13,15H,6,12H2,1-5H3;7-11,15,17H,6,12-14H2,1-5H3;1H4/t13-,15+;15-,17+;/m11./s1. The highest BCUT2D eigenvalue weighted by Gasteiger charge is 2.47. The van der Waals surface area contributed by atoms with Gasteiger partial charge >= 0.3 is 12.2 Å². The number of hydrogen-bond acceptors (Lipinski definition) is 7. The molecule has 0 aliphatic carbocycles. The maximum Gasteiger partial charge on any atom is 0.417 e. The molecule has 2 fully saturated rings. The number of imide groups is 1. The third-order valence-corrected chi connectivity index (χ3v) is 8.41. The molecular weight excluding hydrogens is 620 g/mol. The molecule has 49 heavy (non-hydrogen) atoms. The third kappa shape index (κ3) is 11.6. The Morgan fingerprint density at radius 3 is 1.67 bits per heavy atom. The van der Waals surface area contributed by atoms with E-state index in [1.54, 1.807) is 34.6 Å². The first-order valence-corrected chi connectivity index (χ1v) is 17.1. The van der Waals surface area contributed by atoms with Crippen molar-refractivity contribution >= 4 is 24.0 Å². The molecule has 0 spiro atoms. The Morgan fingerprint density at radius 1 is 0.714 bits per heavy atom. The molecule has 10 nitrogen and oxygen atoms in total. The van der Waals surface area contributed by atoms with Crippen LogP contribution < -0.4 is 0 Å². The zero-order chi connectivity index (χ0) is 35.8. The second-order valence-electron chi connectivity index (χ2n) is 14.7. The predicted octanol–water partition coefficient (Wildman–Crippen LogP) is 7.50. The fourth-order valence-corrected chi connectivity index (χ4v) is 5.89. The molecule has 0 saturated carbocycles. The van der Waals surface area contributed by atoms with Crippen LogP contribution in [0, 0.1) is 0 Å². The lowest BCUT2D eigenvalue weighted by molar-refractivity contribution is -0.160. The van der Waals surface area contributed by atoms with E-state index in [-0.39, 0.29) is 25.5 Å². The summed E-state index contributed by atoms with van der Waals surface area (Å²) in [7, 11) is 0. The molecule has 4 rings (SSSR count). The van der Waals surface area contributed by atoms with Gasteiger partial charge in [0.15, 0.2) is 0 Å². The molecule has 2 aromatic carbocycles. The Morgan fingerprint density at radius 2 is 1.20 bits per heavy atom. The zero-order valence-corrected chi connectivity index (χ0v) is 30.6. The molecule has 0 radical (unpaired) electrons. The molecule has 0 bridgehead atoms. The van der Waals surface area contributed by atoms with E-state index in [0.717, 1.165) is 36.5 Å². The summed E-state index contributed by atoms with van der Waals surface area (Å²) in [6.07, 6.45) is 0.346. The van der Waals surface area contributed by atoms with Gasteiger partial charge in [0.1, 0.15) is 23.3 Å². The third-order valence-electron chi connectivity index (χ3n) is 8.41. The fraction of sp³-hybridized carbons (Fsp3) is 0.590. The number of piperazine rings is 2. The van der Waals surface area contributed by atoms with E-state index in [1.165, 1.54) is 10.5 Å². The highest BCUT2D eigenvalue weighted by molar-refractivity contribution is 6.04. The van der Waals surface area contributed by atoms with Gasteiger partial charge in [-0.25, -0.2) is 14.5 Å². The quantitative estimate of drug-likeness (QED) is 0.312. The molecule has 4 amide bonds. The number of benzene rings is 2. The van der Waals surface area contributed by atoms with Crippen LogP contribution in [-0.2, 0) is 32.2 Å². The summed E-state index contributed by atoms with van der Waals surface area (Å²) in [6.45, 7) is 21.6. The van der Waals surface area contributed by atoms with Crippen molar-refractivity contribution in [1.82, 2.24) is 19.6 Å². The molecule has 2 heterocycles. The van der Waals surface area contributed by atoms with Crippen molar-refractivity contribution in [3.8, 4) is 0 Å². The lowest BCUT2D eigenvalue weighted by atomic mass is 10.0. The van der Waals surface area contributed by atoms with Gasteiger partial charge in [-0.1, -0.05) is 81.9 Å². The van der Waals surface area contributed by atoms with Crippen LogP contribution in [0.4, 0.5) is 9.59 Å². The molecule has 272 valence electrons. The van der Waals surface area contributed by atoms with Crippen LogP contribution in [0.3, 0.4) is 0 Å². The van der Waals surface area contributed by atoms with Gasteiger partial charge in [-0.3, -0.25) is 14.5 Å². The smallest absolute Gasteiger partial charge is 0.417 e. The molecule has 4 atom stereocenters. The minimum absolute atomic E-state index is 0. The van der Waals surface area contributed by atoms with E-state index in [4.69, 9.17) is 9.47 Å². The number of hydrogen-bond donors (Lipinski definition) is 0. The summed E-state index contributed by atoms with van der Waals surface area (Å²) in [6, 6.07) is 19.0. The zero-order valence-electron chi connectivity index (χ0n) is 30.6. The van der Waals surface area contributed by atoms with Crippen LogP contribution in [0.25, 0.3) is 0 Å². The summed E-state index contributed by atoms with van der Waals surface area (Å²) in [5.41, 5.74) is 1.08. The largest absolute Gasteiger partial charge is 0.444 e. The van der Waals surface area contributed by atoms with Gasteiger partial charge in [0.25, 0.3) is 5.91 Å². The highest BCUT2D eigenvalue weighted by Crippen LogP contribution is 2.25. The summed E-state index contributed by atoms with van der Waals surface area (Å²) in [5, 5.41) is 0. The molecule has 2 saturated heterocycles. The first kappa shape index (κ1) is 41.3. The summed E-state index contributed by atoms with van der Waals surface area (Å²) < 4.78 is 10.9. The first-order chi connectivity index (χ1) is 22.5. The lowest BCUT2D eigenvalue weighted by Gasteiger charge is -2.45. The highest BCUT2D eigenvalue weighted by atomic mass is 16.6. The van der Waals surface area contributed by atoms with Crippen molar-refractivity contribution in [3.63, 3.8) is 0 Å². The number of ether oxygens (including phenoxy) is 2. The molecule has 0 aromatic heterocycles. The number of rotatable bonds is 6. The molecule has 2 aliphatic heterocycles. The SMILES string of the molecule is C.CC[C@H]1C(=O)N(Cc2ccccc2)[C@H](C)C(=O)N1C(=O)OC(C)(C)C.CC[C@H]1CN(Cc2ccccc2)[C@H](C)CN1C(=O)OC(C)(C)C. The molecule has 10 heteroatoms. The van der Waals surface area contributed by atoms with Crippen molar-refractivity contribution in [2.24, 2.45) is 0 Å². The Bertz CT molecular complexity index is 1370. The maximum absolute atomic E-state index is 12.9. The van der Waals surface area contributed by atoms with Crippen LogP contribution in [0.15, 0.2) is 60.7 Å². The predicted molar refractivity (Wildman–Crippen MR) is 194 cm³/mol. The average Bonchev–Trinajstić information content (AvgIpc) is 3.01. The molecular formula is C39H60N4O6. The summed E-state index contributed by atoms with van der Waals surface area (Å²) >= 11 is 0. The lowest BCUT2D eigenvalue weighted by Crippen LogP contribution is -2.65. The van der Waals surface area contributed by atoms with E-state index in [9.17, 15) is 19.2 Å². The van der Waals surface area contributed by atoms with Crippen molar-refractivity contribution < 1.29 is 28.7 Å². The van der Waals surface area contributed by atoms with Crippen LogP contribution >= 0.6 is 0 Å².